The Hall–Kier alpha value is -3.85. The number of phenolic OH excluding ortho intramolecular Hbond substituents is 1. The second-order valence-electron chi connectivity index (χ2n) is 9.27. The number of benzene rings is 2. The number of fused-ring (bicyclic) bond motifs is 2. The van der Waals surface area contributed by atoms with E-state index in [1.165, 1.54) is 0 Å². The number of hydrogen-bond donors (Lipinski definition) is 2. The van der Waals surface area contributed by atoms with Crippen molar-refractivity contribution in [3.8, 4) is 5.75 Å². The van der Waals surface area contributed by atoms with Crippen molar-refractivity contribution < 1.29 is 14.3 Å². The van der Waals surface area contributed by atoms with E-state index in [4.69, 9.17) is 4.42 Å². The van der Waals surface area contributed by atoms with Gasteiger partial charge in [-0.3, -0.25) is 9.36 Å². The van der Waals surface area contributed by atoms with Gasteiger partial charge in [0.05, 0.1) is 5.52 Å². The number of phenols is 1. The van der Waals surface area contributed by atoms with Gasteiger partial charge in [0.1, 0.15) is 17.1 Å². The van der Waals surface area contributed by atoms with E-state index in [9.17, 15) is 14.7 Å². The number of hydrogen-bond acceptors (Lipinski definition) is 7. The fourth-order valence-corrected chi connectivity index (χ4v) is 4.56. The van der Waals surface area contributed by atoms with Gasteiger partial charge in [0, 0.05) is 43.2 Å². The molecular weight excluding hydrogens is 446 g/mol. The van der Waals surface area contributed by atoms with Crippen LogP contribution in [0.2, 0.25) is 0 Å². The lowest BCUT2D eigenvalue weighted by Crippen LogP contribution is -2.38. The Bertz CT molecular complexity index is 1430. The van der Waals surface area contributed by atoms with Crippen LogP contribution in [0.3, 0.4) is 0 Å². The predicted molar refractivity (Wildman–Crippen MR) is 136 cm³/mol. The molecule has 1 fully saturated rings. The minimum Gasteiger partial charge on any atom is -0.506 e. The van der Waals surface area contributed by atoms with E-state index in [1.54, 1.807) is 34.9 Å². The summed E-state index contributed by atoms with van der Waals surface area (Å²) < 4.78 is 6.94. The first-order valence-electron chi connectivity index (χ1n) is 11.8. The number of likely N-dealkylation sites (N-methyl/N-ethyl adjacent to an activating group) is 1. The van der Waals surface area contributed by atoms with Crippen molar-refractivity contribution >= 4 is 39.4 Å². The van der Waals surface area contributed by atoms with E-state index < -0.39 is 5.76 Å². The Morgan fingerprint density at radius 1 is 1.17 bits per heavy atom. The zero-order chi connectivity index (χ0) is 24.5. The third kappa shape index (κ3) is 4.72. The number of piperidine rings is 1. The molecule has 9 nitrogen and oxygen atoms in total. The van der Waals surface area contributed by atoms with Crippen LogP contribution in [-0.4, -0.2) is 59.2 Å². The number of nitrogens with one attached hydrogen (secondary N) is 1. The van der Waals surface area contributed by atoms with Crippen LogP contribution in [0.25, 0.3) is 22.0 Å². The summed E-state index contributed by atoms with van der Waals surface area (Å²) in [5, 5.41) is 14.0. The molecule has 0 bridgehead atoms. The van der Waals surface area contributed by atoms with Gasteiger partial charge in [-0.2, -0.15) is 0 Å². The zero-order valence-corrected chi connectivity index (χ0v) is 19.9. The van der Waals surface area contributed by atoms with Crippen LogP contribution in [0.5, 0.6) is 5.75 Å². The van der Waals surface area contributed by atoms with Crippen molar-refractivity contribution in [2.45, 2.75) is 19.4 Å². The number of pyridine rings is 1. The third-order valence-electron chi connectivity index (χ3n) is 6.58. The summed E-state index contributed by atoms with van der Waals surface area (Å²) in [4.78, 5) is 34.0. The molecule has 2 N–H and O–H groups in total. The molecule has 0 radical (unpaired) electrons. The number of aromatic nitrogens is 2. The lowest BCUT2D eigenvalue weighted by atomic mass is 9.95. The third-order valence-corrected chi connectivity index (χ3v) is 6.58. The van der Waals surface area contributed by atoms with Crippen molar-refractivity contribution in [2.24, 2.45) is 5.92 Å². The molecule has 0 spiro atoms. The summed E-state index contributed by atoms with van der Waals surface area (Å²) in [6, 6.07) is 14.6. The molecule has 1 amide bonds. The molecule has 4 aromatic rings. The molecule has 0 saturated carbocycles. The number of carbonyl (C=O) groups excluding carboxylic acids is 1. The van der Waals surface area contributed by atoms with Gasteiger partial charge in [0.2, 0.25) is 5.91 Å². The molecule has 182 valence electrons. The van der Waals surface area contributed by atoms with Crippen LogP contribution in [0.4, 0.5) is 11.5 Å². The standard InChI is InChI=1S/C26H29N5O4/c1-29(2)14-15-31-20-16-19(7-8-22(20)35-26(31)34)27-25(33)18-10-12-30(13-11-18)23-9-6-17-4-3-5-21(32)24(17)28-23/h3-9,16,18,32H,10-15H2,1-2H3,(H,27,33). The van der Waals surface area contributed by atoms with Gasteiger partial charge in [0.15, 0.2) is 5.58 Å². The first kappa shape index (κ1) is 22.9. The highest BCUT2D eigenvalue weighted by molar-refractivity contribution is 5.94. The summed E-state index contributed by atoms with van der Waals surface area (Å²) >= 11 is 0. The Morgan fingerprint density at radius 3 is 2.74 bits per heavy atom. The minimum atomic E-state index is -0.395. The van der Waals surface area contributed by atoms with E-state index >= 15 is 0 Å². The summed E-state index contributed by atoms with van der Waals surface area (Å²) in [5.41, 5.74) is 2.42. The fourth-order valence-electron chi connectivity index (χ4n) is 4.56. The van der Waals surface area contributed by atoms with Gasteiger partial charge < -0.3 is 24.6 Å². The van der Waals surface area contributed by atoms with Crippen LogP contribution in [0.15, 0.2) is 57.7 Å². The minimum absolute atomic E-state index is 0.0289. The Kier molecular flexibility index (Phi) is 6.17. The summed E-state index contributed by atoms with van der Waals surface area (Å²) in [6.07, 6.45) is 1.40. The largest absolute Gasteiger partial charge is 0.506 e. The monoisotopic (exact) mass is 475 g/mol. The number of nitrogens with zero attached hydrogens (tertiary/aromatic N) is 4. The number of amides is 1. The fraction of sp³-hybridized carbons (Fsp3) is 0.346. The Balaban J connectivity index is 1.25. The van der Waals surface area contributed by atoms with Gasteiger partial charge in [0.25, 0.3) is 0 Å². The normalized spacial score (nSPS) is 14.8. The van der Waals surface area contributed by atoms with Crippen molar-refractivity contribution in [3.63, 3.8) is 0 Å². The zero-order valence-electron chi connectivity index (χ0n) is 19.9. The van der Waals surface area contributed by atoms with E-state index in [1.807, 2.05) is 37.2 Å². The molecular formula is C26H29N5O4. The predicted octanol–water partition coefficient (Wildman–Crippen LogP) is 3.27. The number of oxazole rings is 1. The van der Waals surface area contributed by atoms with Gasteiger partial charge in [-0.25, -0.2) is 9.78 Å². The maximum absolute atomic E-state index is 13.0. The van der Waals surface area contributed by atoms with Crippen LogP contribution < -0.4 is 16.0 Å². The molecule has 1 aliphatic heterocycles. The van der Waals surface area contributed by atoms with E-state index in [0.717, 1.165) is 11.2 Å². The molecule has 0 unspecified atom stereocenters. The van der Waals surface area contributed by atoms with Crippen LogP contribution in [-0.2, 0) is 11.3 Å². The summed E-state index contributed by atoms with van der Waals surface area (Å²) in [6.45, 7) is 2.62. The number of carbonyl (C=O) groups is 1. The molecule has 2 aromatic carbocycles. The van der Waals surface area contributed by atoms with E-state index in [-0.39, 0.29) is 17.6 Å². The number of aromatic hydroxyl groups is 1. The molecule has 3 heterocycles. The molecule has 5 rings (SSSR count). The molecule has 9 heteroatoms. The van der Waals surface area contributed by atoms with Crippen LogP contribution in [0, 0.1) is 5.92 Å². The Labute approximate surface area is 202 Å². The SMILES string of the molecule is CN(C)CCn1c(=O)oc2ccc(NC(=O)C3CCN(c4ccc5cccc(O)c5n4)CC3)cc21. The molecule has 1 aliphatic rings. The first-order chi connectivity index (χ1) is 16.9. The molecule has 0 aliphatic carbocycles. The smallest absolute Gasteiger partial charge is 0.419 e. The summed E-state index contributed by atoms with van der Waals surface area (Å²) in [5.74, 6) is 0.433. The Morgan fingerprint density at radius 2 is 1.97 bits per heavy atom. The highest BCUT2D eigenvalue weighted by Gasteiger charge is 2.26. The second-order valence-corrected chi connectivity index (χ2v) is 9.27. The second kappa shape index (κ2) is 9.42. The summed E-state index contributed by atoms with van der Waals surface area (Å²) in [7, 11) is 3.90. The lowest BCUT2D eigenvalue weighted by Gasteiger charge is -2.32. The molecule has 0 atom stereocenters. The van der Waals surface area contributed by atoms with Crippen molar-refractivity contribution in [3.05, 3.63) is 59.1 Å². The van der Waals surface area contributed by atoms with Crippen LogP contribution >= 0.6 is 0 Å². The average molecular weight is 476 g/mol. The topological polar surface area (TPSA) is 104 Å². The first-order valence-corrected chi connectivity index (χ1v) is 11.8. The lowest BCUT2D eigenvalue weighted by molar-refractivity contribution is -0.120. The van der Waals surface area contributed by atoms with Gasteiger partial charge in [-0.05, 0) is 63.3 Å². The van der Waals surface area contributed by atoms with Crippen molar-refractivity contribution in [1.29, 1.82) is 0 Å². The number of para-hydroxylation sites is 1. The van der Waals surface area contributed by atoms with Crippen molar-refractivity contribution in [1.82, 2.24) is 14.5 Å². The van der Waals surface area contributed by atoms with Gasteiger partial charge in [-0.15, -0.1) is 0 Å². The van der Waals surface area contributed by atoms with Gasteiger partial charge >= 0.3 is 5.76 Å². The average Bonchev–Trinajstić information content (AvgIpc) is 3.17. The maximum atomic E-state index is 13.0. The highest BCUT2D eigenvalue weighted by Crippen LogP contribution is 2.28. The maximum Gasteiger partial charge on any atom is 0.419 e. The van der Waals surface area contributed by atoms with E-state index in [2.05, 4.69) is 15.2 Å². The van der Waals surface area contributed by atoms with Gasteiger partial charge in [-0.1, -0.05) is 12.1 Å². The van der Waals surface area contributed by atoms with Crippen molar-refractivity contribution in [2.75, 3.05) is 43.9 Å². The highest BCUT2D eigenvalue weighted by atomic mass is 16.4. The molecule has 35 heavy (non-hydrogen) atoms. The molecule has 1 saturated heterocycles. The quantitative estimate of drug-likeness (QED) is 0.441. The number of anilines is 2. The molecule has 2 aromatic heterocycles. The van der Waals surface area contributed by atoms with E-state index in [0.29, 0.717) is 61.3 Å². The van der Waals surface area contributed by atoms with Crippen LogP contribution in [0.1, 0.15) is 12.8 Å². The number of rotatable bonds is 6.